The van der Waals surface area contributed by atoms with Gasteiger partial charge >= 0.3 is 0 Å². The monoisotopic (exact) mass is 283 g/mol. The van der Waals surface area contributed by atoms with Crippen LogP contribution in [0.1, 0.15) is 13.8 Å². The lowest BCUT2D eigenvalue weighted by Gasteiger charge is -2.25. The molecule has 8 heteroatoms. The molecule has 0 fully saturated rings. The Morgan fingerprint density at radius 3 is 2.79 bits per heavy atom. The number of nitrogens with one attached hydrogen (secondary N) is 2. The highest BCUT2D eigenvalue weighted by atomic mass is 32.2. The zero-order valence-electron chi connectivity index (χ0n) is 11.1. The van der Waals surface area contributed by atoms with Crippen molar-refractivity contribution in [2.45, 2.75) is 19.4 Å². The summed E-state index contributed by atoms with van der Waals surface area (Å²) in [5.74, 6) is 0.670. The van der Waals surface area contributed by atoms with Crippen molar-refractivity contribution in [2.75, 3.05) is 18.1 Å². The first-order valence-corrected chi connectivity index (χ1v) is 7.67. The van der Waals surface area contributed by atoms with Gasteiger partial charge in [-0.2, -0.15) is 5.10 Å². The van der Waals surface area contributed by atoms with Crippen molar-refractivity contribution in [1.29, 1.82) is 0 Å². The van der Waals surface area contributed by atoms with E-state index in [9.17, 15) is 8.42 Å². The number of sulfonamides is 1. The van der Waals surface area contributed by atoms with Crippen molar-refractivity contribution < 1.29 is 8.42 Å². The predicted octanol–water partition coefficient (Wildman–Crippen LogP) is 0.469. The SMILES string of the molecule is CC(C)(CNc1nccn2nccc12)NS(C)(=O)=O. The van der Waals surface area contributed by atoms with Gasteiger partial charge in [-0.3, -0.25) is 0 Å². The molecule has 2 aromatic rings. The topological polar surface area (TPSA) is 88.4 Å². The van der Waals surface area contributed by atoms with Crippen molar-refractivity contribution in [1.82, 2.24) is 19.3 Å². The summed E-state index contributed by atoms with van der Waals surface area (Å²) < 4.78 is 26.8. The number of hydrogen-bond donors (Lipinski definition) is 2. The quantitative estimate of drug-likeness (QED) is 0.832. The third-order valence-corrected chi connectivity index (χ3v) is 3.41. The normalized spacial score (nSPS) is 12.8. The summed E-state index contributed by atoms with van der Waals surface area (Å²) in [6.45, 7) is 4.02. The lowest BCUT2D eigenvalue weighted by atomic mass is 10.1. The third kappa shape index (κ3) is 3.65. The maximum Gasteiger partial charge on any atom is 0.209 e. The average molecular weight is 283 g/mol. The second-order valence-corrected chi connectivity index (χ2v) is 6.80. The molecule has 0 saturated heterocycles. The zero-order valence-corrected chi connectivity index (χ0v) is 11.9. The molecule has 0 spiro atoms. The largest absolute Gasteiger partial charge is 0.366 e. The fraction of sp³-hybridized carbons (Fsp3) is 0.455. The minimum absolute atomic E-state index is 0.415. The van der Waals surface area contributed by atoms with Gasteiger partial charge in [-0.25, -0.2) is 22.6 Å². The molecule has 2 rings (SSSR count). The molecule has 0 bridgehead atoms. The standard InChI is InChI=1S/C11H17N5O2S/c1-11(2,15-19(3,17)18)8-13-10-9-4-5-14-16(9)7-6-12-10/h4-7,15H,8H2,1-3H3,(H,12,13). The van der Waals surface area contributed by atoms with Crippen molar-refractivity contribution in [3.05, 3.63) is 24.7 Å². The fourth-order valence-electron chi connectivity index (χ4n) is 1.84. The first-order valence-electron chi connectivity index (χ1n) is 5.78. The molecule has 0 radical (unpaired) electrons. The van der Waals surface area contributed by atoms with Gasteiger partial charge < -0.3 is 5.32 Å². The molecule has 7 nitrogen and oxygen atoms in total. The van der Waals surface area contributed by atoms with Gasteiger partial charge in [-0.15, -0.1) is 0 Å². The fourth-order valence-corrected chi connectivity index (χ4v) is 2.91. The molecule has 0 atom stereocenters. The van der Waals surface area contributed by atoms with Crippen LogP contribution in [0.3, 0.4) is 0 Å². The van der Waals surface area contributed by atoms with Crippen LogP contribution in [0.15, 0.2) is 24.7 Å². The van der Waals surface area contributed by atoms with Crippen LogP contribution >= 0.6 is 0 Å². The average Bonchev–Trinajstić information content (AvgIpc) is 2.71. The van der Waals surface area contributed by atoms with Gasteiger partial charge in [0.25, 0.3) is 0 Å². The number of fused-ring (bicyclic) bond motifs is 1. The summed E-state index contributed by atoms with van der Waals surface area (Å²) in [5.41, 5.74) is 0.236. The van der Waals surface area contributed by atoms with E-state index in [1.807, 2.05) is 6.07 Å². The zero-order chi connectivity index (χ0) is 14.1. The van der Waals surface area contributed by atoms with E-state index in [4.69, 9.17) is 0 Å². The molecule has 0 aromatic carbocycles. The molecule has 2 heterocycles. The van der Waals surface area contributed by atoms with Gasteiger partial charge in [0, 0.05) is 24.5 Å². The van der Waals surface area contributed by atoms with Crippen LogP contribution in [0, 0.1) is 0 Å². The molecule has 0 aliphatic carbocycles. The second-order valence-electron chi connectivity index (χ2n) is 5.05. The molecule has 0 aliphatic rings. The van der Waals surface area contributed by atoms with E-state index in [2.05, 4.69) is 20.1 Å². The molecule has 104 valence electrons. The van der Waals surface area contributed by atoms with Crippen LogP contribution in [0.5, 0.6) is 0 Å². The summed E-state index contributed by atoms with van der Waals surface area (Å²) in [4.78, 5) is 4.23. The van der Waals surface area contributed by atoms with Crippen molar-refractivity contribution in [2.24, 2.45) is 0 Å². The summed E-state index contributed by atoms with van der Waals surface area (Å²) >= 11 is 0. The maximum atomic E-state index is 11.3. The highest BCUT2D eigenvalue weighted by Gasteiger charge is 2.22. The van der Waals surface area contributed by atoms with Gasteiger partial charge in [-0.05, 0) is 19.9 Å². The molecule has 0 aliphatic heterocycles. The molecule has 19 heavy (non-hydrogen) atoms. The molecule has 0 saturated carbocycles. The van der Waals surface area contributed by atoms with E-state index in [-0.39, 0.29) is 0 Å². The Balaban J connectivity index is 2.12. The van der Waals surface area contributed by atoms with Crippen molar-refractivity contribution >= 4 is 21.4 Å². The molecular formula is C11H17N5O2S. The number of nitrogens with zero attached hydrogens (tertiary/aromatic N) is 3. The molecular weight excluding hydrogens is 266 g/mol. The molecule has 2 aromatic heterocycles. The van der Waals surface area contributed by atoms with Crippen molar-refractivity contribution in [3.8, 4) is 0 Å². The number of anilines is 1. The Labute approximate surface area is 112 Å². The van der Waals surface area contributed by atoms with E-state index in [1.54, 1.807) is 37.0 Å². The Kier molecular flexibility index (Phi) is 3.46. The first kappa shape index (κ1) is 13.8. The Hall–Kier alpha value is -1.67. The predicted molar refractivity (Wildman–Crippen MR) is 73.5 cm³/mol. The van der Waals surface area contributed by atoms with Crippen LogP contribution in [0.4, 0.5) is 5.82 Å². The van der Waals surface area contributed by atoms with Crippen LogP contribution in [-0.4, -0.2) is 41.4 Å². The van der Waals surface area contributed by atoms with Crippen LogP contribution in [-0.2, 0) is 10.0 Å². The summed E-state index contributed by atoms with van der Waals surface area (Å²) in [7, 11) is -3.25. The Morgan fingerprint density at radius 2 is 2.11 bits per heavy atom. The van der Waals surface area contributed by atoms with Crippen LogP contribution in [0.25, 0.3) is 5.52 Å². The van der Waals surface area contributed by atoms with Gasteiger partial charge in [0.15, 0.2) is 5.82 Å². The Bertz CT molecular complexity index is 677. The second kappa shape index (κ2) is 4.78. The molecule has 0 unspecified atom stereocenters. The molecule has 0 amide bonds. The first-order chi connectivity index (χ1) is 8.77. The van der Waals surface area contributed by atoms with Gasteiger partial charge in [0.2, 0.25) is 10.0 Å². The smallest absolute Gasteiger partial charge is 0.209 e. The summed E-state index contributed by atoms with van der Waals surface area (Å²) in [5, 5.41) is 7.25. The van der Waals surface area contributed by atoms with Crippen LogP contribution in [0.2, 0.25) is 0 Å². The Morgan fingerprint density at radius 1 is 1.37 bits per heavy atom. The van der Waals surface area contributed by atoms with E-state index in [0.29, 0.717) is 12.4 Å². The minimum Gasteiger partial charge on any atom is -0.366 e. The minimum atomic E-state index is -3.25. The van der Waals surface area contributed by atoms with E-state index < -0.39 is 15.6 Å². The third-order valence-electron chi connectivity index (χ3n) is 2.48. The van der Waals surface area contributed by atoms with E-state index in [0.717, 1.165) is 11.8 Å². The van der Waals surface area contributed by atoms with Crippen molar-refractivity contribution in [3.63, 3.8) is 0 Å². The lowest BCUT2D eigenvalue weighted by Crippen LogP contribution is -2.47. The van der Waals surface area contributed by atoms with Gasteiger partial charge in [-0.1, -0.05) is 0 Å². The van der Waals surface area contributed by atoms with Crippen LogP contribution < -0.4 is 10.0 Å². The summed E-state index contributed by atoms with van der Waals surface area (Å²) in [6, 6.07) is 1.84. The van der Waals surface area contributed by atoms with Gasteiger partial charge in [0.05, 0.1) is 12.5 Å². The maximum absolute atomic E-state index is 11.3. The number of rotatable bonds is 5. The lowest BCUT2D eigenvalue weighted by molar-refractivity contribution is 0.476. The van der Waals surface area contributed by atoms with E-state index >= 15 is 0 Å². The number of aromatic nitrogens is 3. The molecule has 2 N–H and O–H groups in total. The summed E-state index contributed by atoms with van der Waals surface area (Å²) in [6.07, 6.45) is 6.21. The van der Waals surface area contributed by atoms with Gasteiger partial charge in [0.1, 0.15) is 5.52 Å². The van der Waals surface area contributed by atoms with E-state index in [1.165, 1.54) is 0 Å². The highest BCUT2D eigenvalue weighted by Crippen LogP contribution is 2.14. The highest BCUT2D eigenvalue weighted by molar-refractivity contribution is 7.88. The number of hydrogen-bond acceptors (Lipinski definition) is 5.